The van der Waals surface area contributed by atoms with Gasteiger partial charge in [-0.05, 0) is 65.7 Å². The molecule has 282 valence electrons. The number of anilines is 1. The molecule has 0 fully saturated rings. The lowest BCUT2D eigenvalue weighted by Gasteiger charge is -2.23. The fraction of sp³-hybridized carbons (Fsp3) is 0.200. The normalized spacial score (nSPS) is 12.4. The lowest BCUT2D eigenvalue weighted by Crippen LogP contribution is -2.35. The van der Waals surface area contributed by atoms with Gasteiger partial charge in [0, 0.05) is 17.0 Å². The van der Waals surface area contributed by atoms with Gasteiger partial charge in [0.2, 0.25) is 10.0 Å². The molecule has 19 heteroatoms. The van der Waals surface area contributed by atoms with Crippen LogP contribution in [0.2, 0.25) is 5.02 Å². The molecule has 2 heterocycles. The molecule has 0 saturated heterocycles. The molecule has 1 amide bonds. The van der Waals surface area contributed by atoms with Crippen LogP contribution in [0.5, 0.6) is 5.75 Å². The molecule has 0 saturated carbocycles. The number of amides is 1. The molecule has 4 aromatic carbocycles. The predicted octanol–water partition coefficient (Wildman–Crippen LogP) is 7.22. The van der Waals surface area contributed by atoms with Crippen LogP contribution in [0.15, 0.2) is 82.1 Å². The fourth-order valence-corrected chi connectivity index (χ4v) is 7.48. The number of rotatable bonds is 12. The summed E-state index contributed by atoms with van der Waals surface area (Å²) in [7, 11) is -2.73. The molecule has 6 aromatic rings. The molecule has 0 aliphatic carbocycles. The molecule has 1 unspecified atom stereocenters. The first-order valence-electron chi connectivity index (χ1n) is 15.8. The van der Waals surface area contributed by atoms with E-state index in [-0.39, 0.29) is 56.3 Å². The number of hydrogen-bond acceptors (Lipinski definition) is 7. The number of carbonyl (C=O) groups is 1. The summed E-state index contributed by atoms with van der Waals surface area (Å²) in [5.41, 5.74) is -0.614. The van der Waals surface area contributed by atoms with E-state index in [1.165, 1.54) is 31.4 Å². The number of methoxy groups -OCH3 is 1. The highest BCUT2D eigenvalue weighted by atomic mass is 79.9. The zero-order valence-electron chi connectivity index (χ0n) is 28.1. The number of nitrogens with one attached hydrogen (secondary N) is 1. The highest BCUT2D eigenvalue weighted by Crippen LogP contribution is 2.39. The van der Waals surface area contributed by atoms with Crippen molar-refractivity contribution in [2.75, 3.05) is 17.7 Å². The van der Waals surface area contributed by atoms with Gasteiger partial charge in [-0.1, -0.05) is 39.7 Å². The number of alkyl halides is 2. The summed E-state index contributed by atoms with van der Waals surface area (Å²) in [6, 6.07) is 14.6. The van der Waals surface area contributed by atoms with E-state index in [1.807, 2.05) is 0 Å². The Labute approximate surface area is 317 Å². The summed E-state index contributed by atoms with van der Waals surface area (Å²) in [5.74, 6) is -2.02. The molecule has 2 aromatic heterocycles. The fourth-order valence-electron chi connectivity index (χ4n) is 6.07. The Bertz CT molecular complexity index is 2570. The van der Waals surface area contributed by atoms with Crippen LogP contribution in [0.3, 0.4) is 0 Å². The maximum atomic E-state index is 14.6. The van der Waals surface area contributed by atoms with Crippen LogP contribution < -0.4 is 19.9 Å². The van der Waals surface area contributed by atoms with Gasteiger partial charge in [-0.25, -0.2) is 40.1 Å². The van der Waals surface area contributed by atoms with Crippen molar-refractivity contribution in [2.45, 2.75) is 32.0 Å². The molecule has 6 rings (SSSR count). The number of fused-ring (bicyclic) bond motifs is 2. The maximum absolute atomic E-state index is 14.6. The highest BCUT2D eigenvalue weighted by Gasteiger charge is 2.31. The third-order valence-electron chi connectivity index (χ3n) is 8.31. The van der Waals surface area contributed by atoms with Gasteiger partial charge in [-0.2, -0.15) is 5.10 Å². The van der Waals surface area contributed by atoms with Crippen LogP contribution in [-0.4, -0.2) is 58.7 Å². The van der Waals surface area contributed by atoms with Gasteiger partial charge >= 0.3 is 6.09 Å². The summed E-state index contributed by atoms with van der Waals surface area (Å²) >= 11 is 10.0. The van der Waals surface area contributed by atoms with Crippen LogP contribution in [0, 0.1) is 11.6 Å². The number of nitrogens with zero attached hydrogens (tertiary/aromatic N) is 5. The van der Waals surface area contributed by atoms with Crippen molar-refractivity contribution in [3.8, 4) is 11.4 Å². The molecular formula is C35H28BrClF4N6O6S. The number of hydrogen-bond donors (Lipinski definition) is 2. The van der Waals surface area contributed by atoms with Crippen LogP contribution in [0.4, 0.5) is 28.2 Å². The van der Waals surface area contributed by atoms with E-state index < -0.39 is 58.7 Å². The topological polar surface area (TPSA) is 149 Å². The van der Waals surface area contributed by atoms with E-state index in [1.54, 1.807) is 30.3 Å². The third kappa shape index (κ3) is 8.00. The first kappa shape index (κ1) is 38.5. The Balaban J connectivity index is 1.68. The molecule has 2 N–H and O–H groups in total. The Kier molecular flexibility index (Phi) is 10.9. The molecule has 0 aliphatic heterocycles. The zero-order chi connectivity index (χ0) is 39.1. The summed E-state index contributed by atoms with van der Waals surface area (Å²) < 4.78 is 92.2. The third-order valence-corrected chi connectivity index (χ3v) is 10.2. The van der Waals surface area contributed by atoms with E-state index in [0.717, 1.165) is 31.9 Å². The van der Waals surface area contributed by atoms with Gasteiger partial charge in [-0.3, -0.25) is 14.0 Å². The highest BCUT2D eigenvalue weighted by molar-refractivity contribution is 9.10. The molecular weight excluding hydrogens is 824 g/mol. The molecule has 0 radical (unpaired) electrons. The van der Waals surface area contributed by atoms with E-state index in [0.29, 0.717) is 21.9 Å². The van der Waals surface area contributed by atoms with E-state index >= 15 is 0 Å². The number of aromatic nitrogens is 4. The molecule has 0 aliphatic rings. The van der Waals surface area contributed by atoms with E-state index in [2.05, 4.69) is 31.3 Å². The van der Waals surface area contributed by atoms with Gasteiger partial charge in [0.1, 0.15) is 29.8 Å². The second-order valence-electron chi connectivity index (χ2n) is 12.1. The first-order chi connectivity index (χ1) is 25.5. The van der Waals surface area contributed by atoms with E-state index in [9.17, 15) is 40.7 Å². The molecule has 0 bridgehead atoms. The quantitative estimate of drug-likeness (QED) is 0.123. The molecule has 0 spiro atoms. The number of sulfonamides is 1. The standard InChI is InChI=1S/C35H28BrClF4N6O6S/c1-53-23-6-3-18(4-7-23)16-46(54(2,51)52)33-30-25(37)9-10-28(31(30)45(44-33)17-29(40)41)47-32(42-26-14-20(36)5-8-24(26)34(47)48)27(43-35(49)50)13-19-11-21(38)15-22(39)12-19/h3-12,14-15,27,29,43H,13,16-17H2,1-2H3,(H,49,50). The van der Waals surface area contributed by atoms with Crippen LogP contribution in [0.25, 0.3) is 27.5 Å². The lowest BCUT2D eigenvalue weighted by molar-refractivity contribution is 0.123. The zero-order valence-corrected chi connectivity index (χ0v) is 31.3. The minimum Gasteiger partial charge on any atom is -0.497 e. The number of halogens is 6. The predicted molar refractivity (Wildman–Crippen MR) is 197 cm³/mol. The van der Waals surface area contributed by atoms with Crippen molar-refractivity contribution in [1.82, 2.24) is 24.6 Å². The smallest absolute Gasteiger partial charge is 0.405 e. The average Bonchev–Trinajstić information content (AvgIpc) is 3.45. The van der Waals surface area contributed by atoms with Gasteiger partial charge in [-0.15, -0.1) is 0 Å². The Morgan fingerprint density at radius 2 is 1.72 bits per heavy atom. The molecule has 54 heavy (non-hydrogen) atoms. The lowest BCUT2D eigenvalue weighted by atomic mass is 10.0. The van der Waals surface area contributed by atoms with Crippen molar-refractivity contribution < 1.29 is 40.6 Å². The monoisotopic (exact) mass is 850 g/mol. The SMILES string of the molecule is COc1ccc(CN(c2nn(CC(F)F)c3c(-n4c(C(Cc5cc(F)cc(F)c5)NC(=O)O)nc5cc(Br)ccc5c4=O)ccc(Cl)c23)S(C)(=O)=O)cc1. The van der Waals surface area contributed by atoms with Crippen molar-refractivity contribution >= 4 is 71.3 Å². The minimum absolute atomic E-state index is 0.00463. The van der Waals surface area contributed by atoms with Crippen LogP contribution >= 0.6 is 27.5 Å². The maximum Gasteiger partial charge on any atom is 0.405 e. The van der Waals surface area contributed by atoms with Crippen molar-refractivity contribution in [3.63, 3.8) is 0 Å². The summed E-state index contributed by atoms with van der Waals surface area (Å²) in [4.78, 5) is 31.4. The summed E-state index contributed by atoms with van der Waals surface area (Å²) in [6.07, 6.45) is -4.14. The largest absolute Gasteiger partial charge is 0.497 e. The molecule has 1 atom stereocenters. The summed E-state index contributed by atoms with van der Waals surface area (Å²) in [6.45, 7) is -1.39. The van der Waals surface area contributed by atoms with Crippen molar-refractivity contribution in [1.29, 1.82) is 0 Å². The number of carboxylic acid groups (broad SMARTS) is 1. The summed E-state index contributed by atoms with van der Waals surface area (Å²) in [5, 5.41) is 16.3. The Morgan fingerprint density at radius 3 is 2.33 bits per heavy atom. The Morgan fingerprint density at radius 1 is 1.04 bits per heavy atom. The van der Waals surface area contributed by atoms with Crippen LogP contribution in [-0.2, 0) is 29.5 Å². The van der Waals surface area contributed by atoms with Gasteiger partial charge in [0.25, 0.3) is 12.0 Å². The number of ether oxygens (including phenoxy) is 1. The van der Waals surface area contributed by atoms with E-state index in [4.69, 9.17) is 16.3 Å². The average molecular weight is 852 g/mol. The van der Waals surface area contributed by atoms with Crippen molar-refractivity contribution in [2.24, 2.45) is 0 Å². The second kappa shape index (κ2) is 15.3. The first-order valence-corrected chi connectivity index (χ1v) is 18.8. The van der Waals surface area contributed by atoms with Crippen LogP contribution in [0.1, 0.15) is 23.0 Å². The Hall–Kier alpha value is -5.20. The second-order valence-corrected chi connectivity index (χ2v) is 15.3. The van der Waals surface area contributed by atoms with Gasteiger partial charge in [0.05, 0.1) is 58.5 Å². The number of benzene rings is 4. The van der Waals surface area contributed by atoms with Gasteiger partial charge in [0.15, 0.2) is 5.82 Å². The molecule has 12 nitrogen and oxygen atoms in total. The minimum atomic E-state index is -4.19. The van der Waals surface area contributed by atoms with Gasteiger partial charge < -0.3 is 15.2 Å². The van der Waals surface area contributed by atoms with Crippen molar-refractivity contribution in [3.05, 3.63) is 121 Å².